The molecule has 2 rings (SSSR count). The van der Waals surface area contributed by atoms with E-state index < -0.39 is 0 Å². The number of amides is 1. The predicted octanol–water partition coefficient (Wildman–Crippen LogP) is 1.76. The molecule has 0 saturated heterocycles. The number of benzene rings is 1. The van der Waals surface area contributed by atoms with Gasteiger partial charge in [-0.2, -0.15) is 0 Å². The third kappa shape index (κ3) is 1.15. The van der Waals surface area contributed by atoms with E-state index in [-0.39, 0.29) is 6.04 Å². The van der Waals surface area contributed by atoms with Crippen LogP contribution in [-0.4, -0.2) is 12.5 Å². The number of nitrogens with zero attached hydrogens (tertiary/aromatic N) is 1. The molecule has 0 spiro atoms. The highest BCUT2D eigenvalue weighted by atomic mass is 16.1. The van der Waals surface area contributed by atoms with Gasteiger partial charge in [0.1, 0.15) is 0 Å². The van der Waals surface area contributed by atoms with Crippen molar-refractivity contribution < 1.29 is 4.79 Å². The SMILES string of the molecule is C=CC1Cc2ccccc2N1C=O. The summed E-state index contributed by atoms with van der Waals surface area (Å²) in [5.74, 6) is 0. The van der Waals surface area contributed by atoms with Gasteiger partial charge in [-0.25, -0.2) is 0 Å². The van der Waals surface area contributed by atoms with Crippen LogP contribution in [0.1, 0.15) is 5.56 Å². The second-order valence-corrected chi connectivity index (χ2v) is 3.15. The molecule has 1 aromatic rings. The molecule has 1 unspecified atom stereocenters. The first-order valence-electron chi connectivity index (χ1n) is 4.31. The highest BCUT2D eigenvalue weighted by molar-refractivity contribution is 5.81. The highest BCUT2D eigenvalue weighted by Gasteiger charge is 2.25. The van der Waals surface area contributed by atoms with Crippen molar-refractivity contribution in [3.05, 3.63) is 42.5 Å². The number of hydrogen-bond donors (Lipinski definition) is 0. The zero-order valence-electron chi connectivity index (χ0n) is 7.31. The minimum Gasteiger partial charge on any atom is -0.308 e. The minimum absolute atomic E-state index is 0.134. The third-order valence-corrected chi connectivity index (χ3v) is 2.44. The Morgan fingerprint density at radius 2 is 2.23 bits per heavy atom. The number of carbonyl (C=O) groups is 1. The van der Waals surface area contributed by atoms with Crippen LogP contribution in [0, 0.1) is 0 Å². The van der Waals surface area contributed by atoms with Crippen molar-refractivity contribution in [2.45, 2.75) is 12.5 Å². The van der Waals surface area contributed by atoms with Crippen LogP contribution in [0.2, 0.25) is 0 Å². The van der Waals surface area contributed by atoms with E-state index in [1.165, 1.54) is 5.56 Å². The van der Waals surface area contributed by atoms with Crippen molar-refractivity contribution in [1.82, 2.24) is 0 Å². The first kappa shape index (κ1) is 8.05. The topological polar surface area (TPSA) is 20.3 Å². The molecular formula is C11H11NO. The summed E-state index contributed by atoms with van der Waals surface area (Å²) in [6, 6.07) is 8.09. The number of hydrogen-bond acceptors (Lipinski definition) is 1. The monoisotopic (exact) mass is 173 g/mol. The Hall–Kier alpha value is -1.57. The molecule has 0 saturated carbocycles. The van der Waals surface area contributed by atoms with E-state index in [4.69, 9.17) is 0 Å². The van der Waals surface area contributed by atoms with Gasteiger partial charge in [-0.3, -0.25) is 4.79 Å². The van der Waals surface area contributed by atoms with Crippen LogP contribution in [0.4, 0.5) is 5.69 Å². The largest absolute Gasteiger partial charge is 0.308 e. The predicted molar refractivity (Wildman–Crippen MR) is 52.7 cm³/mol. The Kier molecular flexibility index (Phi) is 1.89. The van der Waals surface area contributed by atoms with Gasteiger partial charge in [-0.05, 0) is 18.1 Å². The summed E-state index contributed by atoms with van der Waals surface area (Å²) in [6.45, 7) is 3.72. The molecule has 2 nitrogen and oxygen atoms in total. The molecule has 1 atom stereocenters. The maximum Gasteiger partial charge on any atom is 0.214 e. The van der Waals surface area contributed by atoms with Gasteiger partial charge < -0.3 is 4.90 Å². The van der Waals surface area contributed by atoms with Crippen LogP contribution >= 0.6 is 0 Å². The Morgan fingerprint density at radius 3 is 2.92 bits per heavy atom. The molecule has 1 aromatic carbocycles. The van der Waals surface area contributed by atoms with Crippen LogP contribution in [0.3, 0.4) is 0 Å². The van der Waals surface area contributed by atoms with Gasteiger partial charge in [0.25, 0.3) is 0 Å². The average molecular weight is 173 g/mol. The first-order chi connectivity index (χ1) is 6.36. The first-order valence-corrected chi connectivity index (χ1v) is 4.31. The molecule has 0 fully saturated rings. The fourth-order valence-electron chi connectivity index (χ4n) is 1.77. The van der Waals surface area contributed by atoms with E-state index in [1.807, 2.05) is 24.3 Å². The van der Waals surface area contributed by atoms with Crippen molar-refractivity contribution in [2.75, 3.05) is 4.90 Å². The second kappa shape index (κ2) is 3.05. The molecule has 0 bridgehead atoms. The molecule has 1 heterocycles. The zero-order chi connectivity index (χ0) is 9.26. The number of rotatable bonds is 2. The Labute approximate surface area is 77.5 Å². The molecule has 66 valence electrons. The quantitative estimate of drug-likeness (QED) is 0.493. The van der Waals surface area contributed by atoms with Gasteiger partial charge in [-0.15, -0.1) is 6.58 Å². The van der Waals surface area contributed by atoms with E-state index in [9.17, 15) is 4.79 Å². The Bertz CT molecular complexity index is 346. The van der Waals surface area contributed by atoms with Crippen LogP contribution in [0.15, 0.2) is 36.9 Å². The second-order valence-electron chi connectivity index (χ2n) is 3.15. The Morgan fingerprint density at radius 1 is 1.46 bits per heavy atom. The summed E-state index contributed by atoms with van der Waals surface area (Å²) in [7, 11) is 0. The number of anilines is 1. The van der Waals surface area contributed by atoms with Crippen LogP contribution in [0.25, 0.3) is 0 Å². The summed E-state index contributed by atoms with van der Waals surface area (Å²) in [6.07, 6.45) is 3.57. The van der Waals surface area contributed by atoms with Gasteiger partial charge >= 0.3 is 0 Å². The van der Waals surface area contributed by atoms with Gasteiger partial charge in [0.15, 0.2) is 0 Å². The number of carbonyl (C=O) groups excluding carboxylic acids is 1. The molecule has 0 aliphatic carbocycles. The van der Waals surface area contributed by atoms with E-state index >= 15 is 0 Å². The van der Waals surface area contributed by atoms with E-state index in [2.05, 4.69) is 12.6 Å². The smallest absolute Gasteiger partial charge is 0.214 e. The lowest BCUT2D eigenvalue weighted by atomic mass is 10.1. The normalized spacial score (nSPS) is 19.7. The lowest BCUT2D eigenvalue weighted by Gasteiger charge is -2.16. The van der Waals surface area contributed by atoms with Crippen LogP contribution in [0.5, 0.6) is 0 Å². The maximum absolute atomic E-state index is 10.8. The third-order valence-electron chi connectivity index (χ3n) is 2.44. The summed E-state index contributed by atoms with van der Waals surface area (Å²) < 4.78 is 0. The molecule has 1 aliphatic rings. The van der Waals surface area contributed by atoms with E-state index in [0.29, 0.717) is 0 Å². The molecule has 13 heavy (non-hydrogen) atoms. The van der Waals surface area contributed by atoms with Crippen LogP contribution in [-0.2, 0) is 11.2 Å². The molecule has 1 amide bonds. The Balaban J connectivity index is 2.45. The van der Waals surface area contributed by atoms with Crippen molar-refractivity contribution in [3.8, 4) is 0 Å². The van der Waals surface area contributed by atoms with Gasteiger partial charge in [0.2, 0.25) is 6.41 Å². The lowest BCUT2D eigenvalue weighted by Crippen LogP contribution is -2.28. The van der Waals surface area contributed by atoms with Gasteiger partial charge in [0, 0.05) is 5.69 Å². The van der Waals surface area contributed by atoms with E-state index in [1.54, 1.807) is 4.90 Å². The standard InChI is InChI=1S/C11H11NO/c1-2-10-7-9-5-3-4-6-11(9)12(10)8-13/h2-6,8,10H,1,7H2. The molecular weight excluding hydrogens is 162 g/mol. The van der Waals surface area contributed by atoms with Gasteiger partial charge in [-0.1, -0.05) is 24.3 Å². The van der Waals surface area contributed by atoms with Crippen molar-refractivity contribution in [1.29, 1.82) is 0 Å². The van der Waals surface area contributed by atoms with E-state index in [0.717, 1.165) is 18.5 Å². The van der Waals surface area contributed by atoms with Crippen molar-refractivity contribution >= 4 is 12.1 Å². The molecule has 1 aliphatic heterocycles. The number of fused-ring (bicyclic) bond motifs is 1. The summed E-state index contributed by atoms with van der Waals surface area (Å²) >= 11 is 0. The van der Waals surface area contributed by atoms with Gasteiger partial charge in [0.05, 0.1) is 6.04 Å². The fraction of sp³-hybridized carbons (Fsp3) is 0.182. The highest BCUT2D eigenvalue weighted by Crippen LogP contribution is 2.30. The summed E-state index contributed by atoms with van der Waals surface area (Å²) in [5, 5.41) is 0. The molecule has 0 radical (unpaired) electrons. The summed E-state index contributed by atoms with van der Waals surface area (Å²) in [5.41, 5.74) is 2.24. The zero-order valence-corrected chi connectivity index (χ0v) is 7.31. The summed E-state index contributed by atoms with van der Waals surface area (Å²) in [4.78, 5) is 12.5. The molecule has 0 aromatic heterocycles. The fourth-order valence-corrected chi connectivity index (χ4v) is 1.77. The average Bonchev–Trinajstić information content (AvgIpc) is 2.55. The lowest BCUT2D eigenvalue weighted by molar-refractivity contribution is -0.107. The molecule has 2 heteroatoms. The maximum atomic E-state index is 10.8. The molecule has 0 N–H and O–H groups in total. The number of para-hydroxylation sites is 1. The van der Waals surface area contributed by atoms with Crippen LogP contribution < -0.4 is 4.90 Å². The van der Waals surface area contributed by atoms with Crippen molar-refractivity contribution in [2.24, 2.45) is 0 Å². The minimum atomic E-state index is 0.134. The van der Waals surface area contributed by atoms with Crippen molar-refractivity contribution in [3.63, 3.8) is 0 Å².